The molecule has 6 heteroatoms. The first-order chi connectivity index (χ1) is 9.63. The third kappa shape index (κ3) is 2.70. The second-order valence-corrected chi connectivity index (χ2v) is 4.95. The van der Waals surface area contributed by atoms with Crippen molar-refractivity contribution in [3.05, 3.63) is 47.5 Å². The van der Waals surface area contributed by atoms with Crippen molar-refractivity contribution >= 4 is 5.91 Å². The Hall–Kier alpha value is -2.21. The first kappa shape index (κ1) is 12.8. The molecule has 2 aromatic rings. The van der Waals surface area contributed by atoms with Gasteiger partial charge in [0.05, 0.1) is 0 Å². The van der Waals surface area contributed by atoms with Crippen LogP contribution >= 0.6 is 0 Å². The first-order valence-corrected chi connectivity index (χ1v) is 6.51. The van der Waals surface area contributed by atoms with Crippen molar-refractivity contribution in [1.29, 1.82) is 0 Å². The Morgan fingerprint density at radius 3 is 2.85 bits per heavy atom. The predicted octanol–water partition coefficient (Wildman–Crippen LogP) is 1.36. The second kappa shape index (κ2) is 5.05. The van der Waals surface area contributed by atoms with E-state index >= 15 is 0 Å². The minimum absolute atomic E-state index is 0.115. The van der Waals surface area contributed by atoms with Crippen LogP contribution in [0.2, 0.25) is 0 Å². The largest absolute Gasteiger partial charge is 0.364 e. The molecule has 1 amide bonds. The lowest BCUT2D eigenvalue weighted by atomic mass is 10.2. The van der Waals surface area contributed by atoms with Crippen molar-refractivity contribution in [3.63, 3.8) is 0 Å². The van der Waals surface area contributed by atoms with E-state index in [0.29, 0.717) is 18.3 Å². The fourth-order valence-electron chi connectivity index (χ4n) is 1.99. The van der Waals surface area contributed by atoms with Crippen LogP contribution in [0.25, 0.3) is 5.69 Å². The number of amides is 1. The number of hydrogen-bond acceptors (Lipinski definition) is 3. The van der Waals surface area contributed by atoms with Gasteiger partial charge in [0.1, 0.15) is 17.2 Å². The Morgan fingerprint density at radius 1 is 1.45 bits per heavy atom. The molecule has 104 valence electrons. The normalized spacial score (nSPS) is 14.4. The van der Waals surface area contributed by atoms with E-state index in [2.05, 4.69) is 10.4 Å². The highest BCUT2D eigenvalue weighted by molar-refractivity contribution is 5.90. The molecule has 1 saturated carbocycles. The third-order valence-corrected chi connectivity index (χ3v) is 3.27. The number of primary amides is 1. The maximum absolute atomic E-state index is 14.1. The number of aromatic nitrogens is 2. The first-order valence-electron chi connectivity index (χ1n) is 6.51. The van der Waals surface area contributed by atoms with Crippen LogP contribution in [0.3, 0.4) is 0 Å². The van der Waals surface area contributed by atoms with Crippen molar-refractivity contribution in [1.82, 2.24) is 15.1 Å². The van der Waals surface area contributed by atoms with E-state index in [1.807, 2.05) is 6.07 Å². The van der Waals surface area contributed by atoms with Crippen LogP contribution in [0.4, 0.5) is 4.39 Å². The van der Waals surface area contributed by atoms with Crippen LogP contribution in [0.15, 0.2) is 30.5 Å². The van der Waals surface area contributed by atoms with Gasteiger partial charge in [-0.15, -0.1) is 0 Å². The summed E-state index contributed by atoms with van der Waals surface area (Å²) in [4.78, 5) is 11.0. The van der Waals surface area contributed by atoms with Gasteiger partial charge < -0.3 is 11.1 Å². The van der Waals surface area contributed by atoms with Crippen LogP contribution in [-0.2, 0) is 6.54 Å². The molecule has 3 N–H and O–H groups in total. The molecule has 0 unspecified atom stereocenters. The lowest BCUT2D eigenvalue weighted by Crippen LogP contribution is -2.15. The molecule has 1 fully saturated rings. The van der Waals surface area contributed by atoms with E-state index in [9.17, 15) is 9.18 Å². The zero-order valence-corrected chi connectivity index (χ0v) is 10.8. The number of benzene rings is 1. The zero-order valence-electron chi connectivity index (χ0n) is 10.8. The topological polar surface area (TPSA) is 72.9 Å². The fraction of sp³-hybridized carbons (Fsp3) is 0.286. The van der Waals surface area contributed by atoms with E-state index < -0.39 is 5.91 Å². The van der Waals surface area contributed by atoms with Gasteiger partial charge in [-0.1, -0.05) is 6.07 Å². The molecule has 0 bridgehead atoms. The van der Waals surface area contributed by atoms with E-state index in [0.717, 1.165) is 5.56 Å². The van der Waals surface area contributed by atoms with Gasteiger partial charge in [0, 0.05) is 18.8 Å². The number of rotatable bonds is 5. The van der Waals surface area contributed by atoms with Crippen LogP contribution in [0, 0.1) is 5.82 Å². The Morgan fingerprint density at radius 2 is 2.25 bits per heavy atom. The minimum atomic E-state index is -0.630. The van der Waals surface area contributed by atoms with Gasteiger partial charge in [-0.2, -0.15) is 5.10 Å². The lowest BCUT2D eigenvalue weighted by Gasteiger charge is -2.07. The summed E-state index contributed by atoms with van der Waals surface area (Å²) in [5.74, 6) is -1.01. The van der Waals surface area contributed by atoms with Crippen molar-refractivity contribution in [2.45, 2.75) is 25.4 Å². The van der Waals surface area contributed by atoms with Crippen LogP contribution in [0.5, 0.6) is 0 Å². The summed E-state index contributed by atoms with van der Waals surface area (Å²) in [6.07, 6.45) is 3.91. The van der Waals surface area contributed by atoms with Gasteiger partial charge in [-0.25, -0.2) is 9.07 Å². The number of halogens is 1. The highest BCUT2D eigenvalue weighted by Crippen LogP contribution is 2.20. The summed E-state index contributed by atoms with van der Waals surface area (Å²) in [5.41, 5.74) is 6.43. The van der Waals surface area contributed by atoms with Gasteiger partial charge in [0.15, 0.2) is 0 Å². The van der Waals surface area contributed by atoms with Gasteiger partial charge in [0.25, 0.3) is 5.91 Å². The Kier molecular flexibility index (Phi) is 3.23. The van der Waals surface area contributed by atoms with Crippen molar-refractivity contribution in [3.8, 4) is 5.69 Å². The van der Waals surface area contributed by atoms with Crippen molar-refractivity contribution in [2.24, 2.45) is 5.73 Å². The second-order valence-electron chi connectivity index (χ2n) is 4.95. The molecule has 0 radical (unpaired) electrons. The fourth-order valence-corrected chi connectivity index (χ4v) is 1.99. The summed E-state index contributed by atoms with van der Waals surface area (Å²) in [7, 11) is 0. The molecule has 5 nitrogen and oxygen atoms in total. The summed E-state index contributed by atoms with van der Waals surface area (Å²) in [5, 5.41) is 7.27. The monoisotopic (exact) mass is 274 g/mol. The molecule has 0 atom stereocenters. The molecule has 1 aromatic carbocycles. The van der Waals surface area contributed by atoms with Gasteiger partial charge in [0.2, 0.25) is 0 Å². The number of nitrogens with two attached hydrogens (primary N) is 1. The number of carbonyl (C=O) groups is 1. The SMILES string of the molecule is NC(=O)c1ccn(-c2ccc(CNC3CC3)cc2F)n1. The summed E-state index contributed by atoms with van der Waals surface area (Å²) >= 11 is 0. The van der Waals surface area contributed by atoms with Crippen LogP contribution in [0.1, 0.15) is 28.9 Å². The Balaban J connectivity index is 1.79. The molecule has 0 aliphatic heterocycles. The van der Waals surface area contributed by atoms with E-state index in [-0.39, 0.29) is 11.5 Å². The summed E-state index contributed by atoms with van der Waals surface area (Å²) in [6, 6.07) is 7.03. The average Bonchev–Trinajstić information content (AvgIpc) is 3.11. The number of nitrogens with zero attached hydrogens (tertiary/aromatic N) is 2. The smallest absolute Gasteiger partial charge is 0.269 e. The van der Waals surface area contributed by atoms with Crippen LogP contribution < -0.4 is 11.1 Å². The maximum Gasteiger partial charge on any atom is 0.269 e. The minimum Gasteiger partial charge on any atom is -0.364 e. The Labute approximate surface area is 115 Å². The third-order valence-electron chi connectivity index (χ3n) is 3.27. The molecular formula is C14H15FN4O. The standard InChI is InChI=1S/C14H15FN4O/c15-11-7-9(8-17-10-2-3-10)1-4-13(11)19-6-5-12(18-19)14(16)20/h1,4-7,10,17H,2-3,8H2,(H2,16,20). The maximum atomic E-state index is 14.1. The molecule has 20 heavy (non-hydrogen) atoms. The molecule has 1 aliphatic carbocycles. The van der Waals surface area contributed by atoms with Gasteiger partial charge in [-0.3, -0.25) is 4.79 Å². The molecule has 0 saturated heterocycles. The molecule has 1 aliphatic rings. The highest BCUT2D eigenvalue weighted by Gasteiger charge is 2.20. The zero-order chi connectivity index (χ0) is 14.1. The van der Waals surface area contributed by atoms with Gasteiger partial charge >= 0.3 is 0 Å². The van der Waals surface area contributed by atoms with Crippen molar-refractivity contribution < 1.29 is 9.18 Å². The molecular weight excluding hydrogens is 259 g/mol. The lowest BCUT2D eigenvalue weighted by molar-refractivity contribution is 0.0995. The number of hydrogen-bond donors (Lipinski definition) is 2. The highest BCUT2D eigenvalue weighted by atomic mass is 19.1. The number of carbonyl (C=O) groups excluding carboxylic acids is 1. The number of nitrogens with one attached hydrogen (secondary N) is 1. The predicted molar refractivity (Wildman–Crippen MR) is 71.9 cm³/mol. The molecule has 0 spiro atoms. The van der Waals surface area contributed by atoms with E-state index in [4.69, 9.17) is 5.73 Å². The van der Waals surface area contributed by atoms with E-state index in [1.165, 1.54) is 35.9 Å². The molecule has 1 aromatic heterocycles. The summed E-state index contributed by atoms with van der Waals surface area (Å²) in [6.45, 7) is 0.660. The molecule has 3 rings (SSSR count). The van der Waals surface area contributed by atoms with E-state index in [1.54, 1.807) is 6.07 Å². The van der Waals surface area contributed by atoms with Gasteiger partial charge in [-0.05, 0) is 36.6 Å². The molecule has 1 heterocycles. The summed E-state index contributed by atoms with van der Waals surface area (Å²) < 4.78 is 15.4. The van der Waals surface area contributed by atoms with Crippen molar-refractivity contribution in [2.75, 3.05) is 0 Å². The average molecular weight is 274 g/mol. The van der Waals surface area contributed by atoms with Crippen LogP contribution in [-0.4, -0.2) is 21.7 Å². The quantitative estimate of drug-likeness (QED) is 0.864. The Bertz CT molecular complexity index is 648.